The fourth-order valence-electron chi connectivity index (χ4n) is 1.32. The minimum Gasteiger partial charge on any atom is -0.269 e. The summed E-state index contributed by atoms with van der Waals surface area (Å²) in [4.78, 5) is 0. The monoisotopic (exact) mass is 232 g/mol. The van der Waals surface area contributed by atoms with Crippen LogP contribution < -0.4 is 0 Å². The third kappa shape index (κ3) is 3.95. The molecule has 0 saturated heterocycles. The summed E-state index contributed by atoms with van der Waals surface area (Å²) in [7, 11) is -3.34. The standard InChI is InChI=1S/C11H20O3S/c1-5-6-9-7-10(9)15(12,13)14-8-11(2,3)4/h5-6,9-10H,7-8H2,1-4H3/b6-5+/t9-,10+/m1/s1. The molecule has 1 aliphatic rings. The summed E-state index contributed by atoms with van der Waals surface area (Å²) in [5, 5.41) is -0.309. The summed E-state index contributed by atoms with van der Waals surface area (Å²) in [6, 6.07) is 0. The van der Waals surface area contributed by atoms with Crippen molar-refractivity contribution < 1.29 is 12.6 Å². The molecular weight excluding hydrogens is 212 g/mol. The van der Waals surface area contributed by atoms with Gasteiger partial charge in [-0.2, -0.15) is 8.42 Å². The first kappa shape index (κ1) is 12.7. The second-order valence-electron chi connectivity index (χ2n) is 5.28. The minimum absolute atomic E-state index is 0.113. The van der Waals surface area contributed by atoms with Crippen molar-refractivity contribution in [2.45, 2.75) is 39.4 Å². The van der Waals surface area contributed by atoms with Crippen molar-refractivity contribution in [3.63, 3.8) is 0 Å². The van der Waals surface area contributed by atoms with E-state index in [0.717, 1.165) is 0 Å². The van der Waals surface area contributed by atoms with Gasteiger partial charge in [0.15, 0.2) is 0 Å². The highest BCUT2D eigenvalue weighted by molar-refractivity contribution is 7.87. The Morgan fingerprint density at radius 1 is 1.40 bits per heavy atom. The molecule has 2 atom stereocenters. The smallest absolute Gasteiger partial charge is 0.269 e. The van der Waals surface area contributed by atoms with E-state index < -0.39 is 10.1 Å². The Morgan fingerprint density at radius 2 is 2.00 bits per heavy atom. The average molecular weight is 232 g/mol. The molecule has 0 aliphatic heterocycles. The molecule has 0 heterocycles. The minimum atomic E-state index is -3.34. The van der Waals surface area contributed by atoms with Crippen LogP contribution in [0, 0.1) is 11.3 Å². The van der Waals surface area contributed by atoms with Crippen LogP contribution >= 0.6 is 0 Å². The highest BCUT2D eigenvalue weighted by Crippen LogP contribution is 2.39. The maximum Gasteiger partial charge on any atom is 0.270 e. The van der Waals surface area contributed by atoms with Gasteiger partial charge in [0, 0.05) is 0 Å². The van der Waals surface area contributed by atoms with Crippen molar-refractivity contribution in [3.8, 4) is 0 Å². The van der Waals surface area contributed by atoms with Crippen LogP contribution in [0.1, 0.15) is 34.1 Å². The summed E-state index contributed by atoms with van der Waals surface area (Å²) < 4.78 is 28.4. The number of allylic oxidation sites excluding steroid dienone is 2. The van der Waals surface area contributed by atoms with Crippen molar-refractivity contribution in [1.82, 2.24) is 0 Å². The summed E-state index contributed by atoms with van der Waals surface area (Å²) in [5.41, 5.74) is -0.113. The zero-order valence-electron chi connectivity index (χ0n) is 9.86. The molecule has 1 aliphatic carbocycles. The van der Waals surface area contributed by atoms with Crippen molar-refractivity contribution in [2.75, 3.05) is 6.61 Å². The van der Waals surface area contributed by atoms with E-state index >= 15 is 0 Å². The van der Waals surface area contributed by atoms with Gasteiger partial charge in [0.05, 0.1) is 11.9 Å². The molecule has 0 aromatic rings. The van der Waals surface area contributed by atoms with Gasteiger partial charge in [-0.1, -0.05) is 32.9 Å². The van der Waals surface area contributed by atoms with Crippen LogP contribution in [-0.2, 0) is 14.3 Å². The number of hydrogen-bond acceptors (Lipinski definition) is 3. The van der Waals surface area contributed by atoms with Gasteiger partial charge >= 0.3 is 0 Å². The highest BCUT2D eigenvalue weighted by atomic mass is 32.2. The number of hydrogen-bond donors (Lipinski definition) is 0. The van der Waals surface area contributed by atoms with E-state index in [1.54, 1.807) is 0 Å². The maximum atomic E-state index is 11.7. The Bertz CT molecular complexity index is 335. The van der Waals surface area contributed by atoms with E-state index in [0.29, 0.717) is 6.42 Å². The summed E-state index contributed by atoms with van der Waals surface area (Å²) in [5.74, 6) is 0.167. The predicted molar refractivity (Wildman–Crippen MR) is 61.0 cm³/mol. The lowest BCUT2D eigenvalue weighted by Gasteiger charge is -2.17. The Hall–Kier alpha value is -0.350. The van der Waals surface area contributed by atoms with Gasteiger partial charge in [-0.25, -0.2) is 0 Å². The quantitative estimate of drug-likeness (QED) is 0.552. The molecule has 0 N–H and O–H groups in total. The molecule has 4 heteroatoms. The topological polar surface area (TPSA) is 43.4 Å². The largest absolute Gasteiger partial charge is 0.270 e. The van der Waals surface area contributed by atoms with Crippen LogP contribution in [0.25, 0.3) is 0 Å². The van der Waals surface area contributed by atoms with Crippen LogP contribution in [0.5, 0.6) is 0 Å². The highest BCUT2D eigenvalue weighted by Gasteiger charge is 2.46. The van der Waals surface area contributed by atoms with Gasteiger partial charge in [0.2, 0.25) is 0 Å². The lowest BCUT2D eigenvalue weighted by atomic mass is 9.99. The van der Waals surface area contributed by atoms with Crippen molar-refractivity contribution in [3.05, 3.63) is 12.2 Å². The zero-order chi connectivity index (χ0) is 11.7. The molecular formula is C11H20O3S. The van der Waals surface area contributed by atoms with E-state index in [9.17, 15) is 8.42 Å². The lowest BCUT2D eigenvalue weighted by molar-refractivity contribution is 0.203. The van der Waals surface area contributed by atoms with E-state index in [2.05, 4.69) is 0 Å². The molecule has 1 rings (SSSR count). The van der Waals surface area contributed by atoms with E-state index in [4.69, 9.17) is 4.18 Å². The van der Waals surface area contributed by atoms with E-state index in [-0.39, 0.29) is 23.2 Å². The summed E-state index contributed by atoms with van der Waals surface area (Å²) in [6.45, 7) is 8.03. The molecule has 0 aromatic carbocycles. The van der Waals surface area contributed by atoms with Gasteiger partial charge in [0.1, 0.15) is 0 Å². The van der Waals surface area contributed by atoms with Crippen LogP contribution in [0.2, 0.25) is 0 Å². The molecule has 1 fully saturated rings. The molecule has 88 valence electrons. The van der Waals surface area contributed by atoms with Gasteiger partial charge in [0.25, 0.3) is 10.1 Å². The molecule has 15 heavy (non-hydrogen) atoms. The summed E-state index contributed by atoms with van der Waals surface area (Å²) >= 11 is 0. The Labute approximate surface area is 92.6 Å². The second-order valence-corrected chi connectivity index (χ2v) is 7.11. The van der Waals surface area contributed by atoms with Gasteiger partial charge in [-0.15, -0.1) is 0 Å². The molecule has 0 radical (unpaired) electrons. The van der Waals surface area contributed by atoms with Crippen LogP contribution in [0.3, 0.4) is 0 Å². The maximum absolute atomic E-state index is 11.7. The third-order valence-corrected chi connectivity index (χ3v) is 3.98. The molecule has 1 saturated carbocycles. The molecule has 3 nitrogen and oxygen atoms in total. The van der Waals surface area contributed by atoms with E-state index in [1.807, 2.05) is 39.8 Å². The Balaban J connectivity index is 2.48. The van der Waals surface area contributed by atoms with Gasteiger partial charge in [-0.05, 0) is 24.7 Å². The van der Waals surface area contributed by atoms with Crippen molar-refractivity contribution in [2.24, 2.45) is 11.3 Å². The van der Waals surface area contributed by atoms with Gasteiger partial charge < -0.3 is 0 Å². The van der Waals surface area contributed by atoms with E-state index in [1.165, 1.54) is 0 Å². The zero-order valence-corrected chi connectivity index (χ0v) is 10.7. The van der Waals surface area contributed by atoms with Crippen molar-refractivity contribution >= 4 is 10.1 Å². The Kier molecular flexibility index (Phi) is 3.61. The normalized spacial score (nSPS) is 27.2. The fourth-order valence-corrected chi connectivity index (χ4v) is 2.99. The Morgan fingerprint density at radius 3 is 2.47 bits per heavy atom. The third-order valence-electron chi connectivity index (χ3n) is 2.25. The molecule has 0 bridgehead atoms. The molecule has 0 unspecified atom stereocenters. The lowest BCUT2D eigenvalue weighted by Crippen LogP contribution is -2.21. The van der Waals surface area contributed by atoms with Crippen LogP contribution in [0.15, 0.2) is 12.2 Å². The summed E-state index contributed by atoms with van der Waals surface area (Å²) in [6.07, 6.45) is 4.53. The average Bonchev–Trinajstić information content (AvgIpc) is 2.81. The number of rotatable bonds is 4. The van der Waals surface area contributed by atoms with Crippen LogP contribution in [0.4, 0.5) is 0 Å². The first-order chi connectivity index (χ1) is 6.76. The molecule has 0 aromatic heterocycles. The first-order valence-electron chi connectivity index (χ1n) is 5.27. The van der Waals surface area contributed by atoms with Gasteiger partial charge in [-0.3, -0.25) is 4.18 Å². The SMILES string of the molecule is C/C=C/[C@@H]1C[C@@H]1S(=O)(=O)OCC(C)(C)C. The molecule has 0 spiro atoms. The molecule has 0 amide bonds. The van der Waals surface area contributed by atoms with Crippen molar-refractivity contribution in [1.29, 1.82) is 0 Å². The fraction of sp³-hybridized carbons (Fsp3) is 0.818. The predicted octanol–water partition coefficient (Wildman–Crippen LogP) is 2.34. The van der Waals surface area contributed by atoms with Crippen LogP contribution in [-0.4, -0.2) is 20.3 Å². The first-order valence-corrected chi connectivity index (χ1v) is 6.74. The second kappa shape index (κ2) is 4.26.